The van der Waals surface area contributed by atoms with Crippen LogP contribution in [0.25, 0.3) is 0 Å². The number of hydrogen-bond donors (Lipinski definition) is 2. The number of anilines is 1. The minimum Gasteiger partial charge on any atom is -0.396 e. The van der Waals surface area contributed by atoms with E-state index in [1.165, 1.54) is 12.8 Å². The van der Waals surface area contributed by atoms with Crippen LogP contribution in [0.3, 0.4) is 0 Å². The Kier molecular flexibility index (Phi) is 6.00. The zero-order valence-electron chi connectivity index (χ0n) is 11.6. The van der Waals surface area contributed by atoms with Gasteiger partial charge in [-0.2, -0.15) is 0 Å². The Labute approximate surface area is 119 Å². The average Bonchev–Trinajstić information content (AvgIpc) is 2.85. The van der Waals surface area contributed by atoms with Crippen LogP contribution in [0.1, 0.15) is 37.6 Å². The van der Waals surface area contributed by atoms with Crippen LogP contribution in [0.2, 0.25) is 0 Å². The number of rotatable bonds is 7. The van der Waals surface area contributed by atoms with Gasteiger partial charge in [0.25, 0.3) is 0 Å². The van der Waals surface area contributed by atoms with E-state index in [1.54, 1.807) is 11.3 Å². The van der Waals surface area contributed by atoms with Crippen molar-refractivity contribution in [2.75, 3.05) is 31.6 Å². The van der Waals surface area contributed by atoms with E-state index in [0.29, 0.717) is 12.5 Å². The Morgan fingerprint density at radius 3 is 3.16 bits per heavy atom. The van der Waals surface area contributed by atoms with E-state index in [-0.39, 0.29) is 0 Å². The first-order valence-corrected chi connectivity index (χ1v) is 8.03. The largest absolute Gasteiger partial charge is 0.396 e. The highest BCUT2D eigenvalue weighted by Gasteiger charge is 2.20. The zero-order chi connectivity index (χ0) is 13.5. The fourth-order valence-electron chi connectivity index (χ4n) is 2.53. The maximum atomic E-state index is 9.03. The van der Waals surface area contributed by atoms with Gasteiger partial charge in [-0.3, -0.25) is 4.90 Å². The monoisotopic (exact) mass is 284 g/mol. The minimum absolute atomic E-state index is 0.308. The lowest BCUT2D eigenvalue weighted by molar-refractivity contribution is 0.142. The topological polar surface area (TPSA) is 61.3 Å². The summed E-state index contributed by atoms with van der Waals surface area (Å²) in [6.45, 7) is 6.52. The van der Waals surface area contributed by atoms with E-state index >= 15 is 0 Å². The van der Waals surface area contributed by atoms with Crippen molar-refractivity contribution in [3.05, 3.63) is 5.01 Å². The normalized spacial score (nSPS) is 20.6. The lowest BCUT2D eigenvalue weighted by Crippen LogP contribution is -2.35. The molecule has 1 unspecified atom stereocenters. The molecule has 1 atom stereocenters. The molecule has 2 N–H and O–H groups in total. The van der Waals surface area contributed by atoms with E-state index in [4.69, 9.17) is 5.11 Å². The van der Waals surface area contributed by atoms with Gasteiger partial charge in [-0.05, 0) is 38.1 Å². The van der Waals surface area contributed by atoms with Gasteiger partial charge in [0.15, 0.2) is 0 Å². The van der Waals surface area contributed by atoms with Crippen molar-refractivity contribution in [3.8, 4) is 0 Å². The number of aliphatic hydroxyl groups excluding tert-OH is 1. The molecule has 1 aliphatic heterocycles. The van der Waals surface area contributed by atoms with Crippen molar-refractivity contribution in [1.82, 2.24) is 15.1 Å². The second kappa shape index (κ2) is 7.77. The molecule has 1 aliphatic rings. The predicted molar refractivity (Wildman–Crippen MR) is 78.4 cm³/mol. The molecule has 0 bridgehead atoms. The molecule has 1 aromatic rings. The summed E-state index contributed by atoms with van der Waals surface area (Å²) in [5, 5.41) is 22.7. The van der Waals surface area contributed by atoms with Gasteiger partial charge in [0, 0.05) is 19.7 Å². The van der Waals surface area contributed by atoms with Gasteiger partial charge in [0.05, 0.1) is 6.54 Å². The number of aliphatic hydroxyl groups is 1. The Bertz CT molecular complexity index is 369. The Balaban J connectivity index is 1.81. The highest BCUT2D eigenvalue weighted by atomic mass is 32.1. The minimum atomic E-state index is 0.308. The molecular formula is C13H24N4OS. The van der Waals surface area contributed by atoms with Crippen LogP contribution in [-0.4, -0.2) is 46.4 Å². The molecule has 0 aromatic carbocycles. The fourth-order valence-corrected chi connectivity index (χ4v) is 3.33. The number of hydrogen-bond acceptors (Lipinski definition) is 6. The maximum Gasteiger partial charge on any atom is 0.205 e. The zero-order valence-corrected chi connectivity index (χ0v) is 12.5. The van der Waals surface area contributed by atoms with Crippen LogP contribution in [0, 0.1) is 5.92 Å². The van der Waals surface area contributed by atoms with Gasteiger partial charge < -0.3 is 10.4 Å². The Hall–Kier alpha value is -0.720. The van der Waals surface area contributed by atoms with E-state index in [9.17, 15) is 0 Å². The number of likely N-dealkylation sites (tertiary alicyclic amines) is 1. The number of nitrogens with zero attached hydrogens (tertiary/aromatic N) is 3. The lowest BCUT2D eigenvalue weighted by Gasteiger charge is -2.31. The summed E-state index contributed by atoms with van der Waals surface area (Å²) < 4.78 is 0. The first kappa shape index (κ1) is 14.7. The fraction of sp³-hybridized carbons (Fsp3) is 0.846. The first-order valence-electron chi connectivity index (χ1n) is 7.21. The van der Waals surface area contributed by atoms with Crippen molar-refractivity contribution in [3.63, 3.8) is 0 Å². The molecule has 1 fully saturated rings. The SMILES string of the molecule is CCCNc1nnc(CN2CCCC(CCO)C2)s1. The van der Waals surface area contributed by atoms with Gasteiger partial charge in [0.2, 0.25) is 5.13 Å². The summed E-state index contributed by atoms with van der Waals surface area (Å²) in [5.41, 5.74) is 0. The van der Waals surface area contributed by atoms with E-state index < -0.39 is 0 Å². The van der Waals surface area contributed by atoms with Gasteiger partial charge in [-0.15, -0.1) is 10.2 Å². The number of piperidine rings is 1. The molecule has 0 amide bonds. The quantitative estimate of drug-likeness (QED) is 0.801. The van der Waals surface area contributed by atoms with E-state index in [1.807, 2.05) is 0 Å². The number of aromatic nitrogens is 2. The van der Waals surface area contributed by atoms with Crippen molar-refractivity contribution in [2.45, 2.75) is 39.2 Å². The third kappa shape index (κ3) is 4.71. The molecule has 2 heterocycles. The maximum absolute atomic E-state index is 9.03. The van der Waals surface area contributed by atoms with Crippen LogP contribution in [-0.2, 0) is 6.54 Å². The summed E-state index contributed by atoms with van der Waals surface area (Å²) in [7, 11) is 0. The van der Waals surface area contributed by atoms with E-state index in [0.717, 1.165) is 49.2 Å². The molecule has 1 aromatic heterocycles. The smallest absolute Gasteiger partial charge is 0.205 e. The van der Waals surface area contributed by atoms with Crippen molar-refractivity contribution in [1.29, 1.82) is 0 Å². The molecular weight excluding hydrogens is 260 g/mol. The van der Waals surface area contributed by atoms with Crippen molar-refractivity contribution in [2.24, 2.45) is 5.92 Å². The summed E-state index contributed by atoms with van der Waals surface area (Å²) >= 11 is 1.66. The molecule has 5 nitrogen and oxygen atoms in total. The molecule has 19 heavy (non-hydrogen) atoms. The van der Waals surface area contributed by atoms with Crippen LogP contribution >= 0.6 is 11.3 Å². The van der Waals surface area contributed by atoms with Gasteiger partial charge in [-0.1, -0.05) is 18.3 Å². The molecule has 0 aliphatic carbocycles. The standard InChI is InChI=1S/C13H24N4OS/c1-2-6-14-13-16-15-12(19-13)10-17-7-3-4-11(9-17)5-8-18/h11,18H,2-10H2,1H3,(H,14,16). The third-order valence-corrected chi connectivity index (χ3v) is 4.36. The molecule has 108 valence electrons. The summed E-state index contributed by atoms with van der Waals surface area (Å²) in [5.74, 6) is 0.643. The number of nitrogens with one attached hydrogen (secondary N) is 1. The van der Waals surface area contributed by atoms with Crippen LogP contribution in [0.15, 0.2) is 0 Å². The molecule has 0 spiro atoms. The van der Waals surface area contributed by atoms with Crippen molar-refractivity contribution >= 4 is 16.5 Å². The molecule has 2 rings (SSSR count). The highest BCUT2D eigenvalue weighted by Crippen LogP contribution is 2.23. The van der Waals surface area contributed by atoms with Crippen LogP contribution in [0.5, 0.6) is 0 Å². The summed E-state index contributed by atoms with van der Waals surface area (Å²) in [4.78, 5) is 2.44. The van der Waals surface area contributed by atoms with Crippen LogP contribution in [0.4, 0.5) is 5.13 Å². The Morgan fingerprint density at radius 2 is 2.37 bits per heavy atom. The second-order valence-corrected chi connectivity index (χ2v) is 6.25. The van der Waals surface area contributed by atoms with Gasteiger partial charge in [0.1, 0.15) is 5.01 Å². The summed E-state index contributed by atoms with van der Waals surface area (Å²) in [6, 6.07) is 0. The molecule has 0 radical (unpaired) electrons. The predicted octanol–water partition coefficient (Wildman–Crippen LogP) is 1.95. The third-order valence-electron chi connectivity index (χ3n) is 3.49. The summed E-state index contributed by atoms with van der Waals surface area (Å²) in [6.07, 6.45) is 4.50. The second-order valence-electron chi connectivity index (χ2n) is 5.18. The van der Waals surface area contributed by atoms with Gasteiger partial charge >= 0.3 is 0 Å². The lowest BCUT2D eigenvalue weighted by atomic mass is 9.95. The Morgan fingerprint density at radius 1 is 1.47 bits per heavy atom. The average molecular weight is 284 g/mol. The molecule has 6 heteroatoms. The van der Waals surface area contributed by atoms with Crippen molar-refractivity contribution < 1.29 is 5.11 Å². The molecule has 1 saturated heterocycles. The van der Waals surface area contributed by atoms with E-state index in [2.05, 4.69) is 27.3 Å². The first-order chi connectivity index (χ1) is 9.31. The highest BCUT2D eigenvalue weighted by molar-refractivity contribution is 7.15. The van der Waals surface area contributed by atoms with Gasteiger partial charge in [-0.25, -0.2) is 0 Å². The van der Waals surface area contributed by atoms with Crippen LogP contribution < -0.4 is 5.32 Å². The molecule has 0 saturated carbocycles.